The first-order valence-electron chi connectivity index (χ1n) is 6.69. The van der Waals surface area contributed by atoms with Gasteiger partial charge < -0.3 is 15.6 Å². The molecule has 7 heteroatoms. The van der Waals surface area contributed by atoms with Gasteiger partial charge in [0.25, 0.3) is 0 Å². The second-order valence-corrected chi connectivity index (χ2v) is 5.73. The topological polar surface area (TPSA) is 91.4 Å². The van der Waals surface area contributed by atoms with Crippen LogP contribution in [0.2, 0.25) is 0 Å². The van der Waals surface area contributed by atoms with E-state index in [9.17, 15) is 0 Å². The normalized spacial score (nSPS) is 11.6. The van der Waals surface area contributed by atoms with Crippen molar-refractivity contribution < 1.29 is 0 Å². The number of pyridine rings is 1. The van der Waals surface area contributed by atoms with E-state index in [1.54, 1.807) is 12.4 Å². The maximum absolute atomic E-state index is 4.40. The Kier molecular flexibility index (Phi) is 3.17. The summed E-state index contributed by atoms with van der Waals surface area (Å²) in [6, 6.07) is 5.63. The standard InChI is InChI=1S/C14H17N7/c1-14(2,3)21-12-16-8-9-11(19-12)20-13(17-9)18-10-6-4-5-7-15-10/h4-8H,1-3H3,(H3,15,16,17,18,19,20,21). The molecule has 0 spiro atoms. The maximum Gasteiger partial charge on any atom is 0.225 e. The van der Waals surface area contributed by atoms with Gasteiger partial charge in [0.05, 0.1) is 6.20 Å². The van der Waals surface area contributed by atoms with E-state index in [1.807, 2.05) is 18.2 Å². The van der Waals surface area contributed by atoms with E-state index in [-0.39, 0.29) is 5.54 Å². The smallest absolute Gasteiger partial charge is 0.225 e. The van der Waals surface area contributed by atoms with Crippen molar-refractivity contribution in [1.29, 1.82) is 0 Å². The van der Waals surface area contributed by atoms with Crippen molar-refractivity contribution in [3.63, 3.8) is 0 Å². The summed E-state index contributed by atoms with van der Waals surface area (Å²) < 4.78 is 0. The van der Waals surface area contributed by atoms with Crippen LogP contribution in [0.4, 0.5) is 17.7 Å². The van der Waals surface area contributed by atoms with Gasteiger partial charge in [0, 0.05) is 11.7 Å². The highest BCUT2D eigenvalue weighted by Crippen LogP contribution is 2.17. The molecule has 0 saturated heterocycles. The molecule has 3 heterocycles. The average molecular weight is 283 g/mol. The fraction of sp³-hybridized carbons (Fsp3) is 0.286. The Hall–Kier alpha value is -2.70. The second kappa shape index (κ2) is 5.01. The average Bonchev–Trinajstić information content (AvgIpc) is 2.79. The number of anilines is 3. The van der Waals surface area contributed by atoms with Crippen LogP contribution in [0.15, 0.2) is 30.6 Å². The monoisotopic (exact) mass is 283 g/mol. The van der Waals surface area contributed by atoms with E-state index >= 15 is 0 Å². The van der Waals surface area contributed by atoms with Crippen molar-refractivity contribution in [3.8, 4) is 0 Å². The number of aromatic nitrogens is 5. The molecular formula is C14H17N7. The fourth-order valence-electron chi connectivity index (χ4n) is 1.82. The number of imidazole rings is 1. The number of fused-ring (bicyclic) bond motifs is 1. The molecule has 21 heavy (non-hydrogen) atoms. The molecule has 0 fully saturated rings. The number of H-pyrrole nitrogens is 1. The van der Waals surface area contributed by atoms with E-state index in [0.717, 1.165) is 11.3 Å². The predicted octanol–water partition coefficient (Wildman–Crippen LogP) is 2.70. The highest BCUT2D eigenvalue weighted by molar-refractivity contribution is 5.74. The molecule has 0 amide bonds. The van der Waals surface area contributed by atoms with Crippen molar-refractivity contribution >= 4 is 28.9 Å². The third kappa shape index (κ3) is 3.25. The molecule has 108 valence electrons. The van der Waals surface area contributed by atoms with Gasteiger partial charge >= 0.3 is 0 Å². The van der Waals surface area contributed by atoms with Gasteiger partial charge in [0.1, 0.15) is 11.3 Å². The first kappa shape index (κ1) is 13.3. The summed E-state index contributed by atoms with van der Waals surface area (Å²) in [5.74, 6) is 1.87. The summed E-state index contributed by atoms with van der Waals surface area (Å²) in [4.78, 5) is 20.4. The van der Waals surface area contributed by atoms with Gasteiger partial charge in [0.15, 0.2) is 5.65 Å². The van der Waals surface area contributed by atoms with Gasteiger partial charge in [0.2, 0.25) is 11.9 Å². The second-order valence-electron chi connectivity index (χ2n) is 5.73. The molecule has 0 aliphatic rings. The van der Waals surface area contributed by atoms with Gasteiger partial charge in [-0.15, -0.1) is 0 Å². The molecule has 0 bridgehead atoms. The van der Waals surface area contributed by atoms with Crippen LogP contribution in [-0.2, 0) is 0 Å². The Labute approximate surface area is 122 Å². The van der Waals surface area contributed by atoms with Crippen LogP contribution >= 0.6 is 0 Å². The van der Waals surface area contributed by atoms with Crippen LogP contribution in [-0.4, -0.2) is 30.5 Å². The molecular weight excluding hydrogens is 266 g/mol. The van der Waals surface area contributed by atoms with Gasteiger partial charge in [-0.25, -0.2) is 9.97 Å². The molecule has 0 unspecified atom stereocenters. The van der Waals surface area contributed by atoms with E-state index in [0.29, 0.717) is 17.5 Å². The third-order valence-corrected chi connectivity index (χ3v) is 2.64. The molecule has 0 aromatic carbocycles. The quantitative estimate of drug-likeness (QED) is 0.684. The summed E-state index contributed by atoms with van der Waals surface area (Å²) in [5, 5.41) is 6.32. The number of hydrogen-bond acceptors (Lipinski definition) is 6. The predicted molar refractivity (Wildman–Crippen MR) is 82.6 cm³/mol. The summed E-state index contributed by atoms with van der Waals surface area (Å²) in [6.07, 6.45) is 3.43. The minimum absolute atomic E-state index is 0.0982. The number of hydrogen-bond donors (Lipinski definition) is 3. The zero-order valence-electron chi connectivity index (χ0n) is 12.2. The van der Waals surface area contributed by atoms with Crippen LogP contribution in [0.5, 0.6) is 0 Å². The fourth-order valence-corrected chi connectivity index (χ4v) is 1.82. The van der Waals surface area contributed by atoms with E-state index in [1.165, 1.54) is 0 Å². The molecule has 0 atom stereocenters. The van der Waals surface area contributed by atoms with Crippen molar-refractivity contribution in [2.75, 3.05) is 10.6 Å². The van der Waals surface area contributed by atoms with Crippen LogP contribution < -0.4 is 10.6 Å². The van der Waals surface area contributed by atoms with Crippen LogP contribution in [0.25, 0.3) is 11.2 Å². The molecule has 0 aliphatic heterocycles. The molecule has 7 nitrogen and oxygen atoms in total. The SMILES string of the molecule is CC(C)(C)Nc1ncc2[nH]c(Nc3ccccn3)nc2n1. The largest absolute Gasteiger partial charge is 0.350 e. The van der Waals surface area contributed by atoms with Crippen molar-refractivity contribution in [2.24, 2.45) is 0 Å². The van der Waals surface area contributed by atoms with Crippen LogP contribution in [0.3, 0.4) is 0 Å². The molecule has 0 saturated carbocycles. The zero-order chi connectivity index (χ0) is 14.9. The van der Waals surface area contributed by atoms with Crippen molar-refractivity contribution in [2.45, 2.75) is 26.3 Å². The lowest BCUT2D eigenvalue weighted by atomic mass is 10.1. The first-order chi connectivity index (χ1) is 9.99. The first-order valence-corrected chi connectivity index (χ1v) is 6.69. The lowest BCUT2D eigenvalue weighted by molar-refractivity contribution is 0.626. The molecule has 0 radical (unpaired) electrons. The third-order valence-electron chi connectivity index (χ3n) is 2.64. The maximum atomic E-state index is 4.40. The van der Waals surface area contributed by atoms with Crippen LogP contribution in [0.1, 0.15) is 20.8 Å². The van der Waals surface area contributed by atoms with Gasteiger partial charge in [-0.05, 0) is 32.9 Å². The Morgan fingerprint density at radius 3 is 2.67 bits per heavy atom. The number of nitrogens with one attached hydrogen (secondary N) is 3. The lowest BCUT2D eigenvalue weighted by Crippen LogP contribution is -2.27. The Balaban J connectivity index is 1.86. The molecule has 3 rings (SSSR count). The zero-order valence-corrected chi connectivity index (χ0v) is 12.2. The number of nitrogens with zero attached hydrogens (tertiary/aromatic N) is 4. The highest BCUT2D eigenvalue weighted by Gasteiger charge is 2.13. The van der Waals surface area contributed by atoms with Crippen molar-refractivity contribution in [1.82, 2.24) is 24.9 Å². The minimum atomic E-state index is -0.0982. The number of rotatable bonds is 3. The van der Waals surface area contributed by atoms with Gasteiger partial charge in [-0.3, -0.25) is 0 Å². The van der Waals surface area contributed by atoms with E-state index in [2.05, 4.69) is 56.3 Å². The summed E-state index contributed by atoms with van der Waals surface area (Å²) in [6.45, 7) is 6.16. The Bertz CT molecular complexity index is 743. The number of aromatic amines is 1. The van der Waals surface area contributed by atoms with Crippen LogP contribution in [0, 0.1) is 0 Å². The molecule has 3 aromatic heterocycles. The van der Waals surface area contributed by atoms with E-state index < -0.39 is 0 Å². The minimum Gasteiger partial charge on any atom is -0.350 e. The Morgan fingerprint density at radius 1 is 1.10 bits per heavy atom. The van der Waals surface area contributed by atoms with Gasteiger partial charge in [-0.2, -0.15) is 9.97 Å². The molecule has 3 aromatic rings. The van der Waals surface area contributed by atoms with Gasteiger partial charge in [-0.1, -0.05) is 6.07 Å². The lowest BCUT2D eigenvalue weighted by Gasteiger charge is -2.19. The Morgan fingerprint density at radius 2 is 1.95 bits per heavy atom. The molecule has 3 N–H and O–H groups in total. The highest BCUT2D eigenvalue weighted by atomic mass is 15.2. The summed E-state index contributed by atoms with van der Waals surface area (Å²) in [7, 11) is 0. The summed E-state index contributed by atoms with van der Waals surface area (Å²) in [5.41, 5.74) is 1.28. The molecule has 0 aliphatic carbocycles. The van der Waals surface area contributed by atoms with Crippen molar-refractivity contribution in [3.05, 3.63) is 30.6 Å². The summed E-state index contributed by atoms with van der Waals surface area (Å²) >= 11 is 0. The van der Waals surface area contributed by atoms with E-state index in [4.69, 9.17) is 0 Å².